The van der Waals surface area contributed by atoms with Crippen LogP contribution in [0.5, 0.6) is 5.75 Å². The summed E-state index contributed by atoms with van der Waals surface area (Å²) in [6, 6.07) is 4.47. The number of H-pyrrole nitrogens is 1. The molecule has 0 unspecified atom stereocenters. The number of halogens is 1. The van der Waals surface area contributed by atoms with Crippen LogP contribution >= 0.6 is 0 Å². The normalized spacial score (nSPS) is 10.4. The molecule has 19 heavy (non-hydrogen) atoms. The van der Waals surface area contributed by atoms with Gasteiger partial charge < -0.3 is 9.84 Å². The van der Waals surface area contributed by atoms with Crippen molar-refractivity contribution in [1.29, 1.82) is 0 Å². The fraction of sp³-hybridized carbons (Fsp3) is 0.231. The number of carbonyl (C=O) groups is 1. The molecule has 5 nitrogen and oxygen atoms in total. The quantitative estimate of drug-likeness (QED) is 0.868. The molecule has 0 saturated heterocycles. The van der Waals surface area contributed by atoms with Crippen molar-refractivity contribution >= 4 is 5.97 Å². The van der Waals surface area contributed by atoms with Crippen LogP contribution in [0.4, 0.5) is 4.39 Å². The van der Waals surface area contributed by atoms with Crippen molar-refractivity contribution in [2.24, 2.45) is 0 Å². The van der Waals surface area contributed by atoms with Gasteiger partial charge in [-0.2, -0.15) is 5.10 Å². The largest absolute Gasteiger partial charge is 0.491 e. The number of aromatic nitrogens is 2. The summed E-state index contributed by atoms with van der Waals surface area (Å²) in [5, 5.41) is 15.3. The zero-order valence-electron chi connectivity index (χ0n) is 10.3. The summed E-state index contributed by atoms with van der Waals surface area (Å²) in [6.45, 7) is 2.15. The second-order valence-electron chi connectivity index (χ2n) is 3.92. The minimum atomic E-state index is -0.964. The zero-order chi connectivity index (χ0) is 13.8. The molecule has 0 amide bonds. The maximum Gasteiger partial charge on any atom is 0.307 e. The van der Waals surface area contributed by atoms with Gasteiger partial charge in [-0.3, -0.25) is 9.89 Å². The van der Waals surface area contributed by atoms with E-state index in [0.717, 1.165) is 0 Å². The highest BCUT2D eigenvalue weighted by Gasteiger charge is 2.13. The second-order valence-corrected chi connectivity index (χ2v) is 3.92. The molecule has 1 aromatic heterocycles. The molecule has 100 valence electrons. The molecular weight excluding hydrogens is 251 g/mol. The van der Waals surface area contributed by atoms with Gasteiger partial charge in [-0.25, -0.2) is 4.39 Å². The number of rotatable bonds is 5. The average Bonchev–Trinajstić information content (AvgIpc) is 2.79. The van der Waals surface area contributed by atoms with E-state index in [2.05, 4.69) is 10.2 Å². The summed E-state index contributed by atoms with van der Waals surface area (Å²) in [4.78, 5) is 10.7. The number of hydrogen-bond acceptors (Lipinski definition) is 3. The Balaban J connectivity index is 2.34. The number of aliphatic carboxylic acids is 1. The molecule has 0 aliphatic rings. The van der Waals surface area contributed by atoms with Crippen LogP contribution in [-0.4, -0.2) is 27.9 Å². The second kappa shape index (κ2) is 5.51. The number of aromatic amines is 1. The molecule has 1 aromatic carbocycles. The van der Waals surface area contributed by atoms with Crippen LogP contribution in [0.3, 0.4) is 0 Å². The molecule has 2 rings (SSSR count). The van der Waals surface area contributed by atoms with Crippen molar-refractivity contribution < 1.29 is 19.0 Å². The van der Waals surface area contributed by atoms with Crippen LogP contribution in [0, 0.1) is 5.82 Å². The zero-order valence-corrected chi connectivity index (χ0v) is 10.3. The summed E-state index contributed by atoms with van der Waals surface area (Å²) in [5.74, 6) is -1.28. The SMILES string of the molecule is CCOc1ccc(-c2[nH]ncc2CC(=O)O)cc1F. The van der Waals surface area contributed by atoms with Gasteiger partial charge in [0.25, 0.3) is 0 Å². The van der Waals surface area contributed by atoms with Gasteiger partial charge >= 0.3 is 5.97 Å². The first-order valence-corrected chi connectivity index (χ1v) is 5.78. The lowest BCUT2D eigenvalue weighted by Crippen LogP contribution is -2.00. The van der Waals surface area contributed by atoms with Gasteiger partial charge in [0.1, 0.15) is 0 Å². The standard InChI is InChI=1S/C13H13FN2O3/c1-2-19-11-4-3-8(5-10(11)14)13-9(6-12(17)18)7-15-16-13/h3-5,7H,2,6H2,1H3,(H,15,16)(H,17,18). The van der Waals surface area contributed by atoms with E-state index in [-0.39, 0.29) is 12.2 Å². The topological polar surface area (TPSA) is 75.2 Å². The summed E-state index contributed by atoms with van der Waals surface area (Å²) in [6.07, 6.45) is 1.26. The first-order valence-electron chi connectivity index (χ1n) is 5.78. The van der Waals surface area contributed by atoms with Crippen molar-refractivity contribution in [2.45, 2.75) is 13.3 Å². The van der Waals surface area contributed by atoms with Gasteiger partial charge in [0.05, 0.1) is 24.9 Å². The van der Waals surface area contributed by atoms with Gasteiger partial charge in [-0.15, -0.1) is 0 Å². The highest BCUT2D eigenvalue weighted by Crippen LogP contribution is 2.26. The van der Waals surface area contributed by atoms with Crippen LogP contribution in [0.15, 0.2) is 24.4 Å². The van der Waals surface area contributed by atoms with Gasteiger partial charge in [-0.05, 0) is 25.1 Å². The monoisotopic (exact) mass is 264 g/mol. The molecule has 2 aromatic rings. The van der Waals surface area contributed by atoms with E-state index in [0.29, 0.717) is 23.4 Å². The molecule has 0 aliphatic heterocycles. The Morgan fingerprint density at radius 3 is 2.95 bits per heavy atom. The maximum atomic E-state index is 13.7. The van der Waals surface area contributed by atoms with Crippen LogP contribution < -0.4 is 4.74 Å². The van der Waals surface area contributed by atoms with Gasteiger partial charge in [0.2, 0.25) is 0 Å². The van der Waals surface area contributed by atoms with Gasteiger partial charge in [0, 0.05) is 11.1 Å². The van der Waals surface area contributed by atoms with E-state index >= 15 is 0 Å². The number of benzene rings is 1. The Labute approximate surface area is 109 Å². The van der Waals surface area contributed by atoms with E-state index < -0.39 is 11.8 Å². The molecule has 1 heterocycles. The summed E-state index contributed by atoms with van der Waals surface area (Å²) < 4.78 is 18.9. The number of ether oxygens (including phenoxy) is 1. The summed E-state index contributed by atoms with van der Waals surface area (Å²) in [5.41, 5.74) is 1.55. The Bertz CT molecular complexity index is 595. The van der Waals surface area contributed by atoms with Crippen LogP contribution in [0.25, 0.3) is 11.3 Å². The maximum absolute atomic E-state index is 13.7. The van der Waals surface area contributed by atoms with E-state index in [1.165, 1.54) is 18.3 Å². The minimum absolute atomic E-state index is 0.166. The molecule has 0 fully saturated rings. The smallest absolute Gasteiger partial charge is 0.307 e. The van der Waals surface area contributed by atoms with Crippen molar-refractivity contribution in [3.8, 4) is 17.0 Å². The number of nitrogens with zero attached hydrogens (tertiary/aromatic N) is 1. The first-order chi connectivity index (χ1) is 9.11. The molecule has 6 heteroatoms. The lowest BCUT2D eigenvalue weighted by atomic mass is 10.1. The summed E-state index contributed by atoms with van der Waals surface area (Å²) in [7, 11) is 0. The third-order valence-electron chi connectivity index (χ3n) is 2.58. The van der Waals surface area contributed by atoms with Crippen LogP contribution in [0.2, 0.25) is 0 Å². The third kappa shape index (κ3) is 2.90. The first kappa shape index (κ1) is 13.1. The highest BCUT2D eigenvalue weighted by molar-refractivity contribution is 5.74. The number of carboxylic acid groups (broad SMARTS) is 1. The molecule has 0 atom stereocenters. The van der Waals surface area contributed by atoms with E-state index in [9.17, 15) is 9.18 Å². The molecular formula is C13H13FN2O3. The predicted octanol–water partition coefficient (Wildman–Crippen LogP) is 2.24. The Morgan fingerprint density at radius 1 is 1.53 bits per heavy atom. The van der Waals surface area contributed by atoms with E-state index in [1.807, 2.05) is 0 Å². The number of carboxylic acids is 1. The number of nitrogens with one attached hydrogen (secondary N) is 1. The number of hydrogen-bond donors (Lipinski definition) is 2. The molecule has 0 bridgehead atoms. The van der Waals surface area contributed by atoms with Crippen molar-refractivity contribution in [2.75, 3.05) is 6.61 Å². The van der Waals surface area contributed by atoms with Crippen molar-refractivity contribution in [3.63, 3.8) is 0 Å². The van der Waals surface area contributed by atoms with Crippen LogP contribution in [-0.2, 0) is 11.2 Å². The predicted molar refractivity (Wildman–Crippen MR) is 66.5 cm³/mol. The molecule has 0 radical (unpaired) electrons. The van der Waals surface area contributed by atoms with Crippen molar-refractivity contribution in [3.05, 3.63) is 35.8 Å². The Hall–Kier alpha value is -2.37. The lowest BCUT2D eigenvalue weighted by molar-refractivity contribution is -0.136. The fourth-order valence-electron chi connectivity index (χ4n) is 1.79. The Morgan fingerprint density at radius 2 is 2.32 bits per heavy atom. The van der Waals surface area contributed by atoms with Gasteiger partial charge in [-0.1, -0.05) is 0 Å². The van der Waals surface area contributed by atoms with Crippen LogP contribution in [0.1, 0.15) is 12.5 Å². The highest BCUT2D eigenvalue weighted by atomic mass is 19.1. The van der Waals surface area contributed by atoms with Gasteiger partial charge in [0.15, 0.2) is 11.6 Å². The summed E-state index contributed by atoms with van der Waals surface area (Å²) >= 11 is 0. The lowest BCUT2D eigenvalue weighted by Gasteiger charge is -2.06. The molecule has 2 N–H and O–H groups in total. The van der Waals surface area contributed by atoms with E-state index in [4.69, 9.17) is 9.84 Å². The third-order valence-corrected chi connectivity index (χ3v) is 2.58. The van der Waals surface area contributed by atoms with Crippen molar-refractivity contribution in [1.82, 2.24) is 10.2 Å². The molecule has 0 aliphatic carbocycles. The van der Waals surface area contributed by atoms with E-state index in [1.54, 1.807) is 13.0 Å². The molecule has 0 spiro atoms. The Kier molecular flexibility index (Phi) is 3.79. The fourth-order valence-corrected chi connectivity index (χ4v) is 1.79. The minimum Gasteiger partial charge on any atom is -0.491 e. The average molecular weight is 264 g/mol. The molecule has 0 saturated carbocycles.